The predicted octanol–water partition coefficient (Wildman–Crippen LogP) is 5.51. The SMILES string of the molecule is Cc1ccccc1C(=O)Nc1ccc([C@@H]2SCC(=O)N2c2ccc3c(c2)CCC3)cc1. The van der Waals surface area contributed by atoms with E-state index in [2.05, 4.69) is 23.5 Å². The summed E-state index contributed by atoms with van der Waals surface area (Å²) < 4.78 is 0. The molecule has 4 nitrogen and oxygen atoms in total. The Bertz CT molecular complexity index is 1160. The highest BCUT2D eigenvalue weighted by molar-refractivity contribution is 8.00. The van der Waals surface area contributed by atoms with Crippen LogP contribution in [0.15, 0.2) is 66.7 Å². The molecule has 0 aromatic heterocycles. The maximum atomic E-state index is 12.7. The van der Waals surface area contributed by atoms with Gasteiger partial charge in [-0.1, -0.05) is 36.4 Å². The van der Waals surface area contributed by atoms with Crippen molar-refractivity contribution < 1.29 is 9.59 Å². The minimum atomic E-state index is -0.115. The maximum Gasteiger partial charge on any atom is 0.255 e. The average Bonchev–Trinajstić information content (AvgIpc) is 3.40. The van der Waals surface area contributed by atoms with Gasteiger partial charge in [-0.3, -0.25) is 14.5 Å². The lowest BCUT2D eigenvalue weighted by atomic mass is 10.1. The maximum absolute atomic E-state index is 12.7. The van der Waals surface area contributed by atoms with Crippen LogP contribution in [-0.2, 0) is 17.6 Å². The first-order chi connectivity index (χ1) is 15.1. The van der Waals surface area contributed by atoms with Crippen molar-refractivity contribution in [2.24, 2.45) is 0 Å². The van der Waals surface area contributed by atoms with Gasteiger partial charge in [-0.15, -0.1) is 11.8 Å². The van der Waals surface area contributed by atoms with Crippen LogP contribution >= 0.6 is 11.8 Å². The van der Waals surface area contributed by atoms with E-state index in [-0.39, 0.29) is 17.2 Å². The lowest BCUT2D eigenvalue weighted by Gasteiger charge is -2.25. The molecule has 2 aliphatic rings. The number of amides is 2. The Hall–Kier alpha value is -3.05. The molecule has 5 heteroatoms. The zero-order chi connectivity index (χ0) is 21.4. The summed E-state index contributed by atoms with van der Waals surface area (Å²) in [4.78, 5) is 27.2. The van der Waals surface area contributed by atoms with E-state index in [0.717, 1.165) is 35.3 Å². The second-order valence-corrected chi connectivity index (χ2v) is 9.19. The first-order valence-electron chi connectivity index (χ1n) is 10.6. The van der Waals surface area contributed by atoms with Crippen molar-refractivity contribution in [1.82, 2.24) is 0 Å². The fourth-order valence-corrected chi connectivity index (χ4v) is 5.59. The molecule has 31 heavy (non-hydrogen) atoms. The molecule has 2 amide bonds. The third-order valence-corrected chi connectivity index (χ3v) is 7.28. The van der Waals surface area contributed by atoms with Crippen LogP contribution in [-0.4, -0.2) is 17.6 Å². The van der Waals surface area contributed by atoms with Gasteiger partial charge < -0.3 is 5.32 Å². The summed E-state index contributed by atoms with van der Waals surface area (Å²) in [7, 11) is 0. The quantitative estimate of drug-likeness (QED) is 0.596. The predicted molar refractivity (Wildman–Crippen MR) is 127 cm³/mol. The number of thioether (sulfide) groups is 1. The van der Waals surface area contributed by atoms with Crippen molar-refractivity contribution in [3.05, 3.63) is 94.5 Å². The van der Waals surface area contributed by atoms with Crippen molar-refractivity contribution in [1.29, 1.82) is 0 Å². The van der Waals surface area contributed by atoms with Gasteiger partial charge in [0.15, 0.2) is 0 Å². The van der Waals surface area contributed by atoms with Crippen LogP contribution in [0.5, 0.6) is 0 Å². The molecule has 156 valence electrons. The van der Waals surface area contributed by atoms with Crippen LogP contribution in [0.25, 0.3) is 0 Å². The molecule has 0 unspecified atom stereocenters. The minimum Gasteiger partial charge on any atom is -0.322 e. The molecule has 0 radical (unpaired) electrons. The normalized spacial score (nSPS) is 17.6. The summed E-state index contributed by atoms with van der Waals surface area (Å²) >= 11 is 1.65. The van der Waals surface area contributed by atoms with Gasteiger partial charge in [-0.2, -0.15) is 0 Å². The summed E-state index contributed by atoms with van der Waals surface area (Å²) in [5.41, 5.74) is 7.19. The Morgan fingerprint density at radius 2 is 1.77 bits per heavy atom. The molecule has 1 fully saturated rings. The van der Waals surface area contributed by atoms with E-state index in [0.29, 0.717) is 11.3 Å². The van der Waals surface area contributed by atoms with E-state index in [1.165, 1.54) is 17.5 Å². The number of carbonyl (C=O) groups is 2. The van der Waals surface area contributed by atoms with Gasteiger partial charge in [0.05, 0.1) is 5.75 Å². The van der Waals surface area contributed by atoms with E-state index in [1.54, 1.807) is 11.8 Å². The molecule has 1 aliphatic carbocycles. The fraction of sp³-hybridized carbons (Fsp3) is 0.231. The van der Waals surface area contributed by atoms with Crippen molar-refractivity contribution in [3.63, 3.8) is 0 Å². The molecular formula is C26H24N2O2S. The van der Waals surface area contributed by atoms with E-state index >= 15 is 0 Å². The molecular weight excluding hydrogens is 404 g/mol. The molecule has 1 heterocycles. The van der Waals surface area contributed by atoms with Crippen molar-refractivity contribution in [2.75, 3.05) is 16.0 Å². The number of hydrogen-bond acceptors (Lipinski definition) is 3. The number of anilines is 2. The third-order valence-electron chi connectivity index (χ3n) is 6.07. The fourth-order valence-electron chi connectivity index (χ4n) is 4.42. The van der Waals surface area contributed by atoms with E-state index in [9.17, 15) is 9.59 Å². The first-order valence-corrected chi connectivity index (χ1v) is 11.7. The summed E-state index contributed by atoms with van der Waals surface area (Å²) in [6.07, 6.45) is 3.43. The highest BCUT2D eigenvalue weighted by Gasteiger charge is 2.34. The topological polar surface area (TPSA) is 49.4 Å². The van der Waals surface area contributed by atoms with Crippen LogP contribution in [0, 0.1) is 6.92 Å². The van der Waals surface area contributed by atoms with Crippen LogP contribution in [0.2, 0.25) is 0 Å². The number of nitrogens with one attached hydrogen (secondary N) is 1. The summed E-state index contributed by atoms with van der Waals surface area (Å²) in [5, 5.41) is 2.92. The van der Waals surface area contributed by atoms with Gasteiger partial charge in [0.1, 0.15) is 5.37 Å². The Kier molecular flexibility index (Phi) is 5.28. The van der Waals surface area contributed by atoms with Crippen molar-refractivity contribution >= 4 is 35.0 Å². The molecule has 1 saturated heterocycles. The largest absolute Gasteiger partial charge is 0.322 e. The van der Waals surface area contributed by atoms with Gasteiger partial charge >= 0.3 is 0 Å². The van der Waals surface area contributed by atoms with E-state index in [1.807, 2.05) is 60.4 Å². The lowest BCUT2D eigenvalue weighted by molar-refractivity contribution is -0.115. The molecule has 1 N–H and O–H groups in total. The number of fused-ring (bicyclic) bond motifs is 1. The van der Waals surface area contributed by atoms with Gasteiger partial charge in [0.25, 0.3) is 5.91 Å². The number of carbonyl (C=O) groups excluding carboxylic acids is 2. The molecule has 3 aromatic rings. The number of hydrogen-bond donors (Lipinski definition) is 1. The Morgan fingerprint density at radius 1 is 1.00 bits per heavy atom. The molecule has 0 saturated carbocycles. The van der Waals surface area contributed by atoms with Crippen LogP contribution < -0.4 is 10.2 Å². The van der Waals surface area contributed by atoms with Crippen LogP contribution in [0.4, 0.5) is 11.4 Å². The van der Waals surface area contributed by atoms with Gasteiger partial charge in [-0.25, -0.2) is 0 Å². The highest BCUT2D eigenvalue weighted by atomic mass is 32.2. The van der Waals surface area contributed by atoms with Crippen LogP contribution in [0.1, 0.15) is 44.4 Å². The Balaban J connectivity index is 1.35. The Morgan fingerprint density at radius 3 is 2.58 bits per heavy atom. The summed E-state index contributed by atoms with van der Waals surface area (Å²) in [6.45, 7) is 1.93. The first kappa shape index (κ1) is 19.9. The highest BCUT2D eigenvalue weighted by Crippen LogP contribution is 2.43. The molecule has 1 atom stereocenters. The van der Waals surface area contributed by atoms with E-state index in [4.69, 9.17) is 0 Å². The lowest BCUT2D eigenvalue weighted by Crippen LogP contribution is -2.27. The van der Waals surface area contributed by atoms with E-state index < -0.39 is 0 Å². The van der Waals surface area contributed by atoms with Crippen LogP contribution in [0.3, 0.4) is 0 Å². The zero-order valence-electron chi connectivity index (χ0n) is 17.4. The zero-order valence-corrected chi connectivity index (χ0v) is 18.2. The number of benzene rings is 3. The molecule has 1 aliphatic heterocycles. The smallest absolute Gasteiger partial charge is 0.255 e. The minimum absolute atomic E-state index is 0.0481. The van der Waals surface area contributed by atoms with Gasteiger partial charge in [0, 0.05) is 16.9 Å². The number of nitrogens with zero attached hydrogens (tertiary/aromatic N) is 1. The molecule has 0 bridgehead atoms. The Labute approximate surface area is 186 Å². The third kappa shape index (κ3) is 3.86. The van der Waals surface area contributed by atoms with Crippen molar-refractivity contribution in [3.8, 4) is 0 Å². The number of aryl methyl sites for hydroxylation is 3. The molecule has 0 spiro atoms. The summed E-state index contributed by atoms with van der Waals surface area (Å²) in [5.74, 6) is 0.508. The van der Waals surface area contributed by atoms with Gasteiger partial charge in [0.2, 0.25) is 5.91 Å². The average molecular weight is 429 g/mol. The van der Waals surface area contributed by atoms with Crippen molar-refractivity contribution in [2.45, 2.75) is 31.6 Å². The second kappa shape index (κ2) is 8.23. The van der Waals surface area contributed by atoms with Gasteiger partial charge in [-0.05, 0) is 78.8 Å². The molecule has 5 rings (SSSR count). The summed E-state index contributed by atoms with van der Waals surface area (Å²) in [6, 6.07) is 21.8. The number of rotatable bonds is 4. The molecule has 3 aromatic carbocycles. The second-order valence-electron chi connectivity index (χ2n) is 8.12. The standard InChI is InChI=1S/C26H24N2O2S/c1-17-5-2-3-8-23(17)25(30)27-21-12-9-19(10-13-21)26-28(24(29)16-31-26)22-14-11-18-6-4-7-20(18)15-22/h2-3,5,8-15,26H,4,6-7,16H2,1H3,(H,27,30)/t26-/m0/s1. The monoisotopic (exact) mass is 428 g/mol.